The van der Waals surface area contributed by atoms with Crippen molar-refractivity contribution in [1.82, 2.24) is 29.9 Å². The first-order chi connectivity index (χ1) is 19.0. The number of aryl methyl sites for hydroxylation is 1. The van der Waals surface area contributed by atoms with E-state index >= 15 is 0 Å². The van der Waals surface area contributed by atoms with Crippen LogP contribution in [-0.2, 0) is 30.6 Å². The summed E-state index contributed by atoms with van der Waals surface area (Å²) in [6.07, 6.45) is 0.374. The molecule has 0 aliphatic heterocycles. The Morgan fingerprint density at radius 1 is 1.20 bits per heavy atom. The van der Waals surface area contributed by atoms with E-state index in [0.717, 1.165) is 53.0 Å². The average Bonchev–Trinajstić information content (AvgIpc) is 3.35. The number of halogens is 5. The van der Waals surface area contributed by atoms with Crippen molar-refractivity contribution in [2.75, 3.05) is 5.32 Å². The highest BCUT2D eigenvalue weighted by atomic mass is 19.4. The van der Waals surface area contributed by atoms with Gasteiger partial charge in [0.15, 0.2) is 5.69 Å². The maximum atomic E-state index is 14.6. The Bertz CT molecular complexity index is 1420. The summed E-state index contributed by atoms with van der Waals surface area (Å²) in [5.74, 6) is -1.96. The lowest BCUT2D eigenvalue weighted by atomic mass is 9.83. The van der Waals surface area contributed by atoms with Gasteiger partial charge in [0, 0.05) is 25.4 Å². The lowest BCUT2D eigenvalue weighted by Gasteiger charge is -2.24. The predicted octanol–water partition coefficient (Wildman–Crippen LogP) is 3.48. The fraction of sp³-hybridized carbons (Fsp3) is 0.440. The molecular formula is C25H26F5N7O3. The number of anilines is 1. The Hall–Kier alpha value is -4.17. The Balaban J connectivity index is 1.25. The molecule has 0 spiro atoms. The molecule has 1 aliphatic rings. The minimum Gasteiger partial charge on any atom is -0.345 e. The molecule has 214 valence electrons. The third-order valence-corrected chi connectivity index (χ3v) is 6.49. The highest BCUT2D eigenvalue weighted by Gasteiger charge is 2.30. The molecule has 0 bridgehead atoms. The van der Waals surface area contributed by atoms with Crippen molar-refractivity contribution in [1.29, 1.82) is 0 Å². The number of hydrogen-bond donors (Lipinski definition) is 2. The first-order valence-corrected chi connectivity index (χ1v) is 12.5. The van der Waals surface area contributed by atoms with Gasteiger partial charge in [0.05, 0.1) is 36.2 Å². The molecule has 40 heavy (non-hydrogen) atoms. The number of nitrogens with one attached hydrogen (secondary N) is 2. The molecule has 3 aromatic rings. The van der Waals surface area contributed by atoms with Crippen LogP contribution in [0.4, 0.5) is 27.6 Å². The second-order valence-electron chi connectivity index (χ2n) is 9.52. The Morgan fingerprint density at radius 2 is 1.98 bits per heavy atom. The van der Waals surface area contributed by atoms with Gasteiger partial charge < -0.3 is 15.2 Å². The summed E-state index contributed by atoms with van der Waals surface area (Å²) >= 11 is 0. The van der Waals surface area contributed by atoms with Gasteiger partial charge in [0.2, 0.25) is 11.7 Å². The van der Waals surface area contributed by atoms with Crippen molar-refractivity contribution in [3.8, 4) is 0 Å². The van der Waals surface area contributed by atoms with E-state index in [9.17, 15) is 36.3 Å². The molecule has 1 aliphatic carbocycles. The first-order valence-electron chi connectivity index (χ1n) is 12.5. The minimum atomic E-state index is -4.55. The Kier molecular flexibility index (Phi) is 8.90. The van der Waals surface area contributed by atoms with E-state index in [1.165, 1.54) is 12.3 Å². The van der Waals surface area contributed by atoms with Gasteiger partial charge in [-0.25, -0.2) is 9.07 Å². The summed E-state index contributed by atoms with van der Waals surface area (Å²) < 4.78 is 69.6. The van der Waals surface area contributed by atoms with Gasteiger partial charge in [-0.15, -0.1) is 5.10 Å². The standard InChI is InChI=1S/C25H26F5N7O3/c26-17(5-8-36-9-6-19(22(27)24(36)40)33-21(38)10-15-2-1-3-15)13-37-14-20(34-35-37)23(39)32-12-18-11-16(4-7-31-18)25(28,29)30/h4,6-7,9,11,14-15,17H,1-3,5,8,10,12-13H2,(H,32,39)(H,33,38). The summed E-state index contributed by atoms with van der Waals surface area (Å²) in [6.45, 7) is -0.767. The van der Waals surface area contributed by atoms with Crippen LogP contribution in [0.2, 0.25) is 0 Å². The second kappa shape index (κ2) is 12.3. The molecule has 4 rings (SSSR count). The van der Waals surface area contributed by atoms with Crippen LogP contribution in [0.5, 0.6) is 0 Å². The van der Waals surface area contributed by atoms with Crippen LogP contribution in [0.15, 0.2) is 41.6 Å². The Morgan fingerprint density at radius 3 is 2.67 bits per heavy atom. The summed E-state index contributed by atoms with van der Waals surface area (Å²) in [5, 5.41) is 12.1. The zero-order valence-electron chi connectivity index (χ0n) is 21.1. The molecule has 2 N–H and O–H groups in total. The van der Waals surface area contributed by atoms with E-state index in [4.69, 9.17) is 0 Å². The highest BCUT2D eigenvalue weighted by Crippen LogP contribution is 2.30. The van der Waals surface area contributed by atoms with E-state index < -0.39 is 35.2 Å². The number of amides is 2. The quantitative estimate of drug-likeness (QED) is 0.342. The molecule has 1 unspecified atom stereocenters. The van der Waals surface area contributed by atoms with Crippen LogP contribution < -0.4 is 16.2 Å². The molecule has 2 amide bonds. The number of hydrogen-bond acceptors (Lipinski definition) is 6. The topological polar surface area (TPSA) is 124 Å². The summed E-state index contributed by atoms with van der Waals surface area (Å²) in [5.41, 5.74) is -2.33. The van der Waals surface area contributed by atoms with Gasteiger partial charge in [-0.2, -0.15) is 17.6 Å². The second-order valence-corrected chi connectivity index (χ2v) is 9.52. The number of alkyl halides is 4. The van der Waals surface area contributed by atoms with Crippen LogP contribution >= 0.6 is 0 Å². The largest absolute Gasteiger partial charge is 0.416 e. The van der Waals surface area contributed by atoms with Crippen molar-refractivity contribution < 1.29 is 31.5 Å². The Labute approximate surface area is 224 Å². The van der Waals surface area contributed by atoms with Gasteiger partial charge >= 0.3 is 6.18 Å². The molecule has 0 radical (unpaired) electrons. The molecular weight excluding hydrogens is 541 g/mol. The molecule has 1 saturated carbocycles. The van der Waals surface area contributed by atoms with Gasteiger partial charge in [0.25, 0.3) is 11.5 Å². The van der Waals surface area contributed by atoms with Gasteiger partial charge in [0.1, 0.15) is 6.17 Å². The van der Waals surface area contributed by atoms with E-state index in [1.54, 1.807) is 0 Å². The maximum absolute atomic E-state index is 14.6. The molecule has 3 aromatic heterocycles. The van der Waals surface area contributed by atoms with E-state index in [-0.39, 0.29) is 61.4 Å². The number of aromatic nitrogens is 5. The molecule has 0 saturated heterocycles. The number of nitrogens with zero attached hydrogens (tertiary/aromatic N) is 5. The van der Waals surface area contributed by atoms with Crippen molar-refractivity contribution >= 4 is 17.5 Å². The predicted molar refractivity (Wildman–Crippen MR) is 131 cm³/mol. The van der Waals surface area contributed by atoms with Crippen LogP contribution in [0.1, 0.15) is 53.8 Å². The number of pyridine rings is 2. The zero-order valence-corrected chi connectivity index (χ0v) is 21.1. The van der Waals surface area contributed by atoms with E-state index in [2.05, 4.69) is 25.9 Å². The third kappa shape index (κ3) is 7.48. The molecule has 0 aromatic carbocycles. The fourth-order valence-corrected chi connectivity index (χ4v) is 4.06. The molecule has 15 heteroatoms. The average molecular weight is 568 g/mol. The van der Waals surface area contributed by atoms with Gasteiger partial charge in [-0.3, -0.25) is 19.4 Å². The summed E-state index contributed by atoms with van der Waals surface area (Å²) in [6, 6.07) is 2.87. The van der Waals surface area contributed by atoms with Crippen molar-refractivity contribution in [3.63, 3.8) is 0 Å². The molecule has 1 atom stereocenters. The maximum Gasteiger partial charge on any atom is 0.416 e. The van der Waals surface area contributed by atoms with Crippen LogP contribution in [0.3, 0.4) is 0 Å². The molecule has 1 fully saturated rings. The van der Waals surface area contributed by atoms with E-state index in [1.807, 2.05) is 0 Å². The van der Waals surface area contributed by atoms with Crippen LogP contribution in [0.25, 0.3) is 0 Å². The third-order valence-electron chi connectivity index (χ3n) is 6.49. The smallest absolute Gasteiger partial charge is 0.345 e. The van der Waals surface area contributed by atoms with Crippen molar-refractivity contribution in [2.24, 2.45) is 5.92 Å². The summed E-state index contributed by atoms with van der Waals surface area (Å²) in [7, 11) is 0. The summed E-state index contributed by atoms with van der Waals surface area (Å²) in [4.78, 5) is 40.4. The number of carbonyl (C=O) groups excluding carboxylic acids is 2. The minimum absolute atomic E-state index is 0.0184. The van der Waals surface area contributed by atoms with Gasteiger partial charge in [-0.1, -0.05) is 11.6 Å². The lowest BCUT2D eigenvalue weighted by Crippen LogP contribution is -2.27. The highest BCUT2D eigenvalue weighted by molar-refractivity contribution is 5.92. The number of rotatable bonds is 11. The SMILES string of the molecule is O=C(CC1CCC1)Nc1ccn(CCC(F)Cn2cc(C(=O)NCc3cc(C(F)(F)F)ccn3)nn2)c(=O)c1F. The normalized spacial score (nSPS) is 14.4. The molecule has 3 heterocycles. The molecule has 10 nitrogen and oxygen atoms in total. The zero-order chi connectivity index (χ0) is 28.9. The monoisotopic (exact) mass is 567 g/mol. The first kappa shape index (κ1) is 28.8. The fourth-order valence-electron chi connectivity index (χ4n) is 4.06. The van der Waals surface area contributed by atoms with E-state index in [0.29, 0.717) is 0 Å². The van der Waals surface area contributed by atoms with Crippen molar-refractivity contribution in [3.05, 3.63) is 69.9 Å². The lowest BCUT2D eigenvalue weighted by molar-refractivity contribution is -0.137. The van der Waals surface area contributed by atoms with Gasteiger partial charge in [-0.05, 0) is 43.4 Å². The van der Waals surface area contributed by atoms with Crippen LogP contribution in [0, 0.1) is 11.7 Å². The van der Waals surface area contributed by atoms with Crippen molar-refractivity contribution in [2.45, 2.75) is 64.1 Å². The van der Waals surface area contributed by atoms with Crippen LogP contribution in [-0.4, -0.2) is 42.5 Å². The number of carbonyl (C=O) groups is 2.